The minimum Gasteiger partial charge on any atom is -0.478 e. The fraction of sp³-hybridized carbons (Fsp3) is 0.400. The maximum Gasteiger partial charge on any atom is 0.337 e. The minimum atomic E-state index is -1.90. The molecule has 0 aliphatic carbocycles. The second kappa shape index (κ2) is 8.21. The van der Waals surface area contributed by atoms with Gasteiger partial charge in [0, 0.05) is 37.1 Å². The summed E-state index contributed by atoms with van der Waals surface area (Å²) < 4.78 is 16.1. The van der Waals surface area contributed by atoms with E-state index in [1.807, 2.05) is 0 Å². The molecule has 0 heterocycles. The van der Waals surface area contributed by atoms with Crippen molar-refractivity contribution in [3.63, 3.8) is 0 Å². The van der Waals surface area contributed by atoms with Crippen molar-refractivity contribution in [2.24, 2.45) is 0 Å². The average molecular weight is 372 g/mol. The van der Waals surface area contributed by atoms with E-state index in [-0.39, 0.29) is 0 Å². The van der Waals surface area contributed by atoms with Crippen LogP contribution in [-0.2, 0) is 20.0 Å². The predicted molar refractivity (Wildman–Crippen MR) is 88.6 cm³/mol. The minimum absolute atomic E-state index is 0.403. The molecule has 0 saturated heterocycles. The third kappa shape index (κ3) is 3.56. The Labute approximate surface area is 146 Å². The molecule has 0 radical (unpaired) electrons. The number of carboxylic acid groups (broad SMARTS) is 3. The molecule has 25 heavy (non-hydrogen) atoms. The van der Waals surface area contributed by atoms with Crippen molar-refractivity contribution in [2.45, 2.75) is 17.9 Å². The van der Waals surface area contributed by atoms with Crippen molar-refractivity contribution in [2.75, 3.05) is 21.3 Å². The van der Waals surface area contributed by atoms with Crippen LogP contribution in [0.1, 0.15) is 36.6 Å². The predicted octanol–water partition coefficient (Wildman–Crippen LogP) is 0.0255. The van der Waals surface area contributed by atoms with Crippen LogP contribution < -0.4 is 0 Å². The molecule has 0 fully saturated rings. The second-order valence-electron chi connectivity index (χ2n) is 5.03. The number of aromatic carboxylic acids is 3. The van der Waals surface area contributed by atoms with Crippen LogP contribution >= 0.6 is 0 Å². The molecule has 138 valence electrons. The lowest BCUT2D eigenvalue weighted by Crippen LogP contribution is -2.46. The summed E-state index contributed by atoms with van der Waals surface area (Å²) in [6, 6.07) is 2.35. The maximum atomic E-state index is 11.8. The van der Waals surface area contributed by atoms with Crippen LogP contribution in [0.15, 0.2) is 12.1 Å². The zero-order valence-corrected chi connectivity index (χ0v) is 16.2. The Bertz CT molecular complexity index is 678. The van der Waals surface area contributed by atoms with Gasteiger partial charge in [-0.15, -0.1) is 0 Å². The molecule has 1 rings (SSSR count). The smallest absolute Gasteiger partial charge is 0.337 e. The van der Waals surface area contributed by atoms with Crippen molar-refractivity contribution in [1.29, 1.82) is 0 Å². The first-order chi connectivity index (χ1) is 11.7. The summed E-state index contributed by atoms with van der Waals surface area (Å²) in [7, 11) is 4.37. The molecule has 0 aliphatic rings. The lowest BCUT2D eigenvalue weighted by Gasteiger charge is -2.39. The van der Waals surface area contributed by atoms with Crippen LogP contribution in [0.4, 0.5) is 0 Å². The molecular weight excluding hydrogens is 352 g/mol. The molecule has 9 nitrogen and oxygen atoms in total. The van der Waals surface area contributed by atoms with E-state index in [0.29, 0.717) is 16.3 Å². The van der Waals surface area contributed by atoms with E-state index in [4.69, 9.17) is 14.2 Å². The van der Waals surface area contributed by atoms with Crippen molar-refractivity contribution < 1.29 is 43.9 Å². The monoisotopic (exact) mass is 372 g/mol. The first kappa shape index (κ1) is 20.8. The van der Waals surface area contributed by atoms with Gasteiger partial charge in [0.2, 0.25) is 5.79 Å². The molecular formula is C15H20O9Si. The van der Waals surface area contributed by atoms with Gasteiger partial charge in [-0.3, -0.25) is 0 Å². The van der Waals surface area contributed by atoms with Gasteiger partial charge < -0.3 is 29.5 Å². The van der Waals surface area contributed by atoms with Crippen LogP contribution in [0, 0.1) is 0 Å². The zero-order valence-electron chi connectivity index (χ0n) is 14.2. The molecule has 1 unspecified atom stereocenters. The van der Waals surface area contributed by atoms with E-state index in [2.05, 4.69) is 0 Å². The van der Waals surface area contributed by atoms with Crippen LogP contribution in [0.3, 0.4) is 0 Å². The molecule has 3 N–H and O–H groups in total. The van der Waals surface area contributed by atoms with Gasteiger partial charge in [0.15, 0.2) is 0 Å². The van der Waals surface area contributed by atoms with E-state index in [0.717, 1.165) is 12.1 Å². The number of ether oxygens (including phenoxy) is 3. The molecule has 0 bridgehead atoms. The molecule has 0 aromatic heterocycles. The molecule has 0 amide bonds. The number of hydrogen-bond acceptors (Lipinski definition) is 6. The zero-order chi connectivity index (χ0) is 19.4. The number of hydrogen-bond donors (Lipinski definition) is 3. The topological polar surface area (TPSA) is 140 Å². The molecule has 0 spiro atoms. The highest BCUT2D eigenvalue weighted by atomic mass is 28.1. The fourth-order valence-corrected chi connectivity index (χ4v) is 3.72. The summed E-state index contributed by atoms with van der Waals surface area (Å²) in [6.45, 7) is 0. The van der Waals surface area contributed by atoms with E-state index in [1.54, 1.807) is 0 Å². The van der Waals surface area contributed by atoms with E-state index < -0.39 is 52.1 Å². The quantitative estimate of drug-likeness (QED) is 0.404. The van der Waals surface area contributed by atoms with Gasteiger partial charge in [-0.05, 0) is 18.2 Å². The molecule has 0 aliphatic heterocycles. The van der Waals surface area contributed by atoms with E-state index in [1.165, 1.54) is 21.3 Å². The van der Waals surface area contributed by atoms with Gasteiger partial charge in [-0.1, -0.05) is 0 Å². The lowest BCUT2D eigenvalue weighted by atomic mass is 9.87. The van der Waals surface area contributed by atoms with Gasteiger partial charge in [0.25, 0.3) is 0 Å². The maximum absolute atomic E-state index is 11.8. The number of carbonyl (C=O) groups is 3. The molecule has 10 heteroatoms. The number of methoxy groups -OCH3 is 3. The van der Waals surface area contributed by atoms with Crippen molar-refractivity contribution in [3.05, 3.63) is 34.4 Å². The molecule has 0 saturated carbocycles. The Morgan fingerprint density at radius 1 is 1.00 bits per heavy atom. The van der Waals surface area contributed by atoms with E-state index in [9.17, 15) is 29.7 Å². The van der Waals surface area contributed by atoms with Gasteiger partial charge in [-0.2, -0.15) is 0 Å². The Morgan fingerprint density at radius 2 is 1.48 bits per heavy atom. The SMILES string of the molecule is COC(C[SiH3])C(OC)(OC)c1c(C(=O)O)ccc(C(=O)O)c1C(=O)O. The van der Waals surface area contributed by atoms with Gasteiger partial charge in [-0.25, -0.2) is 14.4 Å². The van der Waals surface area contributed by atoms with Gasteiger partial charge in [0.1, 0.15) is 6.10 Å². The van der Waals surface area contributed by atoms with Gasteiger partial charge in [0.05, 0.1) is 16.7 Å². The Balaban J connectivity index is 4.08. The van der Waals surface area contributed by atoms with E-state index >= 15 is 0 Å². The number of carboxylic acids is 3. The van der Waals surface area contributed by atoms with Crippen LogP contribution in [0.2, 0.25) is 6.04 Å². The number of benzene rings is 1. The summed E-state index contributed by atoms with van der Waals surface area (Å²) in [5.41, 5.74) is -2.13. The van der Waals surface area contributed by atoms with Crippen LogP contribution in [0.25, 0.3) is 0 Å². The molecule has 1 aromatic rings. The summed E-state index contributed by atoms with van der Waals surface area (Å²) in [5, 5.41) is 28.4. The third-order valence-electron chi connectivity index (χ3n) is 3.91. The Morgan fingerprint density at radius 3 is 1.80 bits per heavy atom. The largest absolute Gasteiger partial charge is 0.478 e. The Hall–Kier alpha value is -2.27. The van der Waals surface area contributed by atoms with Crippen molar-refractivity contribution >= 4 is 28.2 Å². The summed E-state index contributed by atoms with van der Waals surface area (Å²) in [5.74, 6) is -6.48. The first-order valence-electron chi connectivity index (χ1n) is 7.22. The molecule has 1 aromatic carbocycles. The van der Waals surface area contributed by atoms with Gasteiger partial charge >= 0.3 is 17.9 Å². The summed E-state index contributed by atoms with van der Waals surface area (Å²) in [6.07, 6.45) is -0.839. The summed E-state index contributed by atoms with van der Waals surface area (Å²) >= 11 is 0. The fourth-order valence-electron chi connectivity index (χ4n) is 2.85. The highest BCUT2D eigenvalue weighted by Gasteiger charge is 2.47. The molecule has 1 atom stereocenters. The first-order valence-corrected chi connectivity index (χ1v) is 8.63. The van der Waals surface area contributed by atoms with Crippen LogP contribution in [0.5, 0.6) is 0 Å². The lowest BCUT2D eigenvalue weighted by molar-refractivity contribution is -0.270. The van der Waals surface area contributed by atoms with Crippen LogP contribution in [-0.4, -0.2) is 70.9 Å². The highest BCUT2D eigenvalue weighted by Crippen LogP contribution is 2.39. The van der Waals surface area contributed by atoms with Crippen molar-refractivity contribution in [3.8, 4) is 0 Å². The Kier molecular flexibility index (Phi) is 6.82. The standard InChI is InChI=1S/C15H20O9Si/c1-22-9(6-25)15(23-2,24-3)11-8(13(18)19)5-4-7(12(16)17)10(11)14(20)21/h4-5,9H,6H2,1-3,25H3,(H,16,17)(H,18,19)(H,20,21). The normalized spacial score (nSPS) is 12.8. The van der Waals surface area contributed by atoms with Crippen molar-refractivity contribution in [1.82, 2.24) is 0 Å². The summed E-state index contributed by atoms with van der Waals surface area (Å²) in [4.78, 5) is 34.9. The highest BCUT2D eigenvalue weighted by molar-refractivity contribution is 6.09. The average Bonchev–Trinajstić information content (AvgIpc) is 2.58. The third-order valence-corrected chi connectivity index (χ3v) is 4.66. The number of rotatable bonds is 9. The second-order valence-corrected chi connectivity index (χ2v) is 5.85.